The van der Waals surface area contributed by atoms with Crippen molar-refractivity contribution in [3.8, 4) is 0 Å². The van der Waals surface area contributed by atoms with Crippen LogP contribution in [0.2, 0.25) is 0 Å². The molecule has 3 rings (SSSR count). The maximum absolute atomic E-state index is 4.26. The van der Waals surface area contributed by atoms with E-state index < -0.39 is 0 Å². The zero-order valence-electron chi connectivity index (χ0n) is 7.88. The summed E-state index contributed by atoms with van der Waals surface area (Å²) in [7, 11) is 0. The number of hydrogen-bond acceptors (Lipinski definition) is 2. The molecule has 3 heterocycles. The van der Waals surface area contributed by atoms with Crippen molar-refractivity contribution >= 4 is 0 Å². The number of aromatic amines is 1. The van der Waals surface area contributed by atoms with E-state index in [1.165, 1.54) is 25.0 Å². The van der Waals surface area contributed by atoms with E-state index >= 15 is 0 Å². The molecule has 2 N–H and O–H groups in total. The minimum Gasteiger partial charge on any atom is -0.346 e. The second-order valence-corrected chi connectivity index (χ2v) is 4.31. The molecule has 2 saturated heterocycles. The smallest absolute Gasteiger partial charge is 0.103 e. The Balaban J connectivity index is 1.87. The van der Waals surface area contributed by atoms with Gasteiger partial charge in [0.15, 0.2) is 0 Å². The molecular weight excluding hydrogens is 162 g/mol. The van der Waals surface area contributed by atoms with Gasteiger partial charge >= 0.3 is 0 Å². The third kappa shape index (κ3) is 1.10. The van der Waals surface area contributed by atoms with Crippen LogP contribution in [0, 0.1) is 6.92 Å². The van der Waals surface area contributed by atoms with Crippen LogP contribution in [-0.2, 0) is 0 Å². The lowest BCUT2D eigenvalue weighted by Gasteiger charge is -2.18. The zero-order valence-corrected chi connectivity index (χ0v) is 7.88. The predicted octanol–water partition coefficient (Wildman–Crippen LogP) is 1.33. The van der Waals surface area contributed by atoms with Crippen LogP contribution in [0.15, 0.2) is 6.20 Å². The van der Waals surface area contributed by atoms with E-state index in [2.05, 4.69) is 15.3 Å². The van der Waals surface area contributed by atoms with Crippen molar-refractivity contribution in [3.05, 3.63) is 17.7 Å². The number of rotatable bonds is 1. The number of fused-ring (bicyclic) bond motifs is 2. The molecule has 1 aromatic rings. The summed E-state index contributed by atoms with van der Waals surface area (Å²) in [6.07, 6.45) is 6.01. The lowest BCUT2D eigenvalue weighted by atomic mass is 9.87. The first-order chi connectivity index (χ1) is 6.33. The van der Waals surface area contributed by atoms with Gasteiger partial charge in [0, 0.05) is 29.9 Å². The number of aromatic nitrogens is 2. The lowest BCUT2D eigenvalue weighted by Crippen LogP contribution is -2.21. The first-order valence-electron chi connectivity index (χ1n) is 5.10. The van der Waals surface area contributed by atoms with Gasteiger partial charge in [0.1, 0.15) is 5.82 Å². The van der Waals surface area contributed by atoms with Gasteiger partial charge in [0.05, 0.1) is 0 Å². The minimum atomic E-state index is 0.694. The second-order valence-electron chi connectivity index (χ2n) is 4.31. The summed E-state index contributed by atoms with van der Waals surface area (Å²) in [5.41, 5.74) is 1.33. The van der Waals surface area contributed by atoms with Crippen LogP contribution < -0.4 is 5.32 Å². The molecule has 2 aliphatic heterocycles. The largest absolute Gasteiger partial charge is 0.346 e. The molecule has 0 radical (unpaired) electrons. The highest BCUT2D eigenvalue weighted by Crippen LogP contribution is 2.38. The molecule has 0 spiro atoms. The Hall–Kier alpha value is -0.830. The molecule has 70 valence electrons. The van der Waals surface area contributed by atoms with E-state index in [0.29, 0.717) is 12.0 Å². The SMILES string of the molecule is Cc1ncc(C2CC3CCC2N3)[nH]1. The van der Waals surface area contributed by atoms with Crippen LogP contribution >= 0.6 is 0 Å². The Morgan fingerprint density at radius 3 is 2.92 bits per heavy atom. The molecule has 0 aromatic carbocycles. The highest BCUT2D eigenvalue weighted by Gasteiger charge is 2.40. The topological polar surface area (TPSA) is 40.7 Å². The summed E-state index contributed by atoms with van der Waals surface area (Å²) < 4.78 is 0. The summed E-state index contributed by atoms with van der Waals surface area (Å²) >= 11 is 0. The first-order valence-corrected chi connectivity index (χ1v) is 5.10. The molecular formula is C10H15N3. The normalized spacial score (nSPS) is 37.2. The van der Waals surface area contributed by atoms with Crippen molar-refractivity contribution < 1.29 is 0 Å². The number of H-pyrrole nitrogens is 1. The predicted molar refractivity (Wildman–Crippen MR) is 50.6 cm³/mol. The molecule has 2 aliphatic rings. The van der Waals surface area contributed by atoms with Crippen LogP contribution in [0.4, 0.5) is 0 Å². The summed E-state index contributed by atoms with van der Waals surface area (Å²) in [6, 6.07) is 1.49. The molecule has 13 heavy (non-hydrogen) atoms. The third-order valence-corrected chi connectivity index (χ3v) is 3.42. The molecule has 2 fully saturated rings. The van der Waals surface area contributed by atoms with E-state index in [9.17, 15) is 0 Å². The van der Waals surface area contributed by atoms with Crippen LogP contribution in [0.1, 0.15) is 36.7 Å². The van der Waals surface area contributed by atoms with E-state index in [0.717, 1.165) is 11.9 Å². The molecule has 0 amide bonds. The number of aryl methyl sites for hydroxylation is 1. The van der Waals surface area contributed by atoms with Crippen LogP contribution in [0.3, 0.4) is 0 Å². The van der Waals surface area contributed by atoms with Gasteiger partial charge in [-0.2, -0.15) is 0 Å². The lowest BCUT2D eigenvalue weighted by molar-refractivity contribution is 0.498. The highest BCUT2D eigenvalue weighted by atomic mass is 15.0. The van der Waals surface area contributed by atoms with Gasteiger partial charge < -0.3 is 10.3 Å². The molecule has 3 atom stereocenters. The monoisotopic (exact) mass is 177 g/mol. The highest BCUT2D eigenvalue weighted by molar-refractivity contribution is 5.16. The third-order valence-electron chi connectivity index (χ3n) is 3.42. The van der Waals surface area contributed by atoms with E-state index in [-0.39, 0.29) is 0 Å². The summed E-state index contributed by atoms with van der Waals surface area (Å²) in [4.78, 5) is 7.61. The van der Waals surface area contributed by atoms with Gasteiger partial charge in [-0.3, -0.25) is 0 Å². The number of nitrogens with one attached hydrogen (secondary N) is 2. The van der Waals surface area contributed by atoms with Gasteiger partial charge in [-0.25, -0.2) is 4.98 Å². The van der Waals surface area contributed by atoms with E-state index in [4.69, 9.17) is 0 Å². The first kappa shape index (κ1) is 7.56. The minimum absolute atomic E-state index is 0.694. The molecule has 3 heteroatoms. The number of imidazole rings is 1. The number of hydrogen-bond donors (Lipinski definition) is 2. The van der Waals surface area contributed by atoms with Gasteiger partial charge in [0.2, 0.25) is 0 Å². The molecule has 3 unspecified atom stereocenters. The number of nitrogens with zero attached hydrogens (tertiary/aromatic N) is 1. The van der Waals surface area contributed by atoms with Crippen LogP contribution in [0.5, 0.6) is 0 Å². The molecule has 0 saturated carbocycles. The van der Waals surface area contributed by atoms with Crippen molar-refractivity contribution in [2.75, 3.05) is 0 Å². The maximum Gasteiger partial charge on any atom is 0.103 e. The van der Waals surface area contributed by atoms with Gasteiger partial charge in [-0.15, -0.1) is 0 Å². The van der Waals surface area contributed by atoms with Crippen molar-refractivity contribution in [1.29, 1.82) is 0 Å². The van der Waals surface area contributed by atoms with Crippen LogP contribution in [-0.4, -0.2) is 22.1 Å². The molecule has 1 aromatic heterocycles. The Morgan fingerprint density at radius 2 is 2.38 bits per heavy atom. The zero-order chi connectivity index (χ0) is 8.84. The standard InChI is InChI=1S/C10H15N3/c1-6-11-5-10(12-6)8-4-7-2-3-9(8)13-7/h5,7-9,13H,2-4H2,1H3,(H,11,12). The average molecular weight is 177 g/mol. The van der Waals surface area contributed by atoms with Crippen LogP contribution in [0.25, 0.3) is 0 Å². The fraction of sp³-hybridized carbons (Fsp3) is 0.700. The average Bonchev–Trinajstić information content (AvgIpc) is 2.77. The van der Waals surface area contributed by atoms with Crippen molar-refractivity contribution in [1.82, 2.24) is 15.3 Å². The van der Waals surface area contributed by atoms with Gasteiger partial charge in [-0.1, -0.05) is 0 Å². The van der Waals surface area contributed by atoms with Gasteiger partial charge in [0.25, 0.3) is 0 Å². The summed E-state index contributed by atoms with van der Waals surface area (Å²) in [5, 5.41) is 3.64. The summed E-state index contributed by atoms with van der Waals surface area (Å²) in [6.45, 7) is 2.02. The van der Waals surface area contributed by atoms with E-state index in [1.807, 2.05) is 13.1 Å². The second kappa shape index (κ2) is 2.58. The molecule has 0 aliphatic carbocycles. The Kier molecular flexibility index (Phi) is 1.50. The maximum atomic E-state index is 4.26. The molecule has 3 nitrogen and oxygen atoms in total. The Morgan fingerprint density at radius 1 is 1.46 bits per heavy atom. The van der Waals surface area contributed by atoms with Crippen molar-refractivity contribution in [2.24, 2.45) is 0 Å². The van der Waals surface area contributed by atoms with E-state index in [1.54, 1.807) is 0 Å². The fourth-order valence-corrected chi connectivity index (χ4v) is 2.80. The molecule has 2 bridgehead atoms. The quantitative estimate of drug-likeness (QED) is 0.679. The van der Waals surface area contributed by atoms with Crippen molar-refractivity contribution in [3.63, 3.8) is 0 Å². The van der Waals surface area contributed by atoms with Gasteiger partial charge in [-0.05, 0) is 26.2 Å². The fourth-order valence-electron chi connectivity index (χ4n) is 2.80. The van der Waals surface area contributed by atoms with Crippen molar-refractivity contribution in [2.45, 2.75) is 44.2 Å². The summed E-state index contributed by atoms with van der Waals surface area (Å²) in [5.74, 6) is 1.73. The Bertz CT molecular complexity index is 318. The Labute approximate surface area is 78.0 Å².